The van der Waals surface area contributed by atoms with Crippen molar-refractivity contribution in [3.05, 3.63) is 47.0 Å². The minimum atomic E-state index is 0.833. The van der Waals surface area contributed by atoms with Gasteiger partial charge in [0.1, 0.15) is 0 Å². The van der Waals surface area contributed by atoms with Gasteiger partial charge in [-0.2, -0.15) is 0 Å². The molecule has 1 N–H and O–H groups in total. The van der Waals surface area contributed by atoms with Gasteiger partial charge in [-0.05, 0) is 19.5 Å². The predicted octanol–water partition coefficient (Wildman–Crippen LogP) is 2.89. The van der Waals surface area contributed by atoms with Gasteiger partial charge in [0.05, 0.1) is 5.69 Å². The fourth-order valence-corrected chi connectivity index (χ4v) is 2.71. The summed E-state index contributed by atoms with van der Waals surface area (Å²) in [7, 11) is 1.95. The van der Waals surface area contributed by atoms with Crippen LogP contribution in [0.2, 0.25) is 0 Å². The zero-order chi connectivity index (χ0) is 12.8. The summed E-state index contributed by atoms with van der Waals surface area (Å²) in [5.74, 6) is 0. The van der Waals surface area contributed by atoms with Crippen LogP contribution in [0, 0.1) is 0 Å². The van der Waals surface area contributed by atoms with Crippen molar-refractivity contribution in [1.29, 1.82) is 0 Å². The van der Waals surface area contributed by atoms with Crippen molar-refractivity contribution < 1.29 is 0 Å². The lowest BCUT2D eigenvalue weighted by Crippen LogP contribution is -2.21. The Morgan fingerprint density at radius 2 is 2.06 bits per heavy atom. The molecule has 0 atom stereocenters. The van der Waals surface area contributed by atoms with Crippen LogP contribution in [-0.2, 0) is 13.1 Å². The van der Waals surface area contributed by atoms with E-state index in [0.29, 0.717) is 0 Å². The van der Waals surface area contributed by atoms with Crippen molar-refractivity contribution in [3.8, 4) is 0 Å². The van der Waals surface area contributed by atoms with E-state index >= 15 is 0 Å². The van der Waals surface area contributed by atoms with Gasteiger partial charge in [-0.25, -0.2) is 4.98 Å². The molecule has 0 radical (unpaired) electrons. The highest BCUT2D eigenvalue weighted by atomic mass is 32.1. The topological polar surface area (TPSA) is 28.2 Å². The zero-order valence-corrected chi connectivity index (χ0v) is 11.7. The molecule has 4 heteroatoms. The van der Waals surface area contributed by atoms with Crippen LogP contribution >= 0.6 is 11.3 Å². The van der Waals surface area contributed by atoms with Crippen LogP contribution in [0.25, 0.3) is 0 Å². The van der Waals surface area contributed by atoms with Crippen LogP contribution in [0.3, 0.4) is 0 Å². The Morgan fingerprint density at radius 1 is 1.28 bits per heavy atom. The maximum absolute atomic E-state index is 4.65. The van der Waals surface area contributed by atoms with Crippen LogP contribution in [0.5, 0.6) is 0 Å². The van der Waals surface area contributed by atoms with Gasteiger partial charge < -0.3 is 10.2 Å². The van der Waals surface area contributed by atoms with E-state index < -0.39 is 0 Å². The molecular formula is C14H19N3S. The molecule has 3 nitrogen and oxygen atoms in total. The fourth-order valence-electron chi connectivity index (χ4n) is 1.82. The number of nitrogens with zero attached hydrogens (tertiary/aromatic N) is 2. The van der Waals surface area contributed by atoms with Crippen LogP contribution < -0.4 is 10.2 Å². The molecule has 0 bridgehead atoms. The Labute approximate surface area is 112 Å². The number of rotatable bonds is 6. The maximum Gasteiger partial charge on any atom is 0.185 e. The molecule has 1 aromatic carbocycles. The standard InChI is InChI=1S/C14H19N3S/c1-3-17(10-12-7-5-4-6-8-12)14-16-13(9-15-2)11-18-14/h4-8,11,15H,3,9-10H2,1-2H3. The Morgan fingerprint density at radius 3 is 2.72 bits per heavy atom. The van der Waals surface area contributed by atoms with Crippen LogP contribution in [0.1, 0.15) is 18.2 Å². The highest BCUT2D eigenvalue weighted by Crippen LogP contribution is 2.22. The molecule has 0 aliphatic carbocycles. The van der Waals surface area contributed by atoms with Gasteiger partial charge in [-0.3, -0.25) is 0 Å². The summed E-state index contributed by atoms with van der Waals surface area (Å²) in [5.41, 5.74) is 2.44. The molecule has 96 valence electrons. The molecule has 1 aromatic heterocycles. The average molecular weight is 261 g/mol. The Balaban J connectivity index is 2.08. The molecule has 0 aliphatic heterocycles. The molecule has 0 aliphatic rings. The first kappa shape index (κ1) is 13.1. The number of hydrogen-bond acceptors (Lipinski definition) is 4. The lowest BCUT2D eigenvalue weighted by molar-refractivity contribution is 0.782. The van der Waals surface area contributed by atoms with Crippen LogP contribution in [0.15, 0.2) is 35.7 Å². The molecule has 1 heterocycles. The molecule has 0 saturated heterocycles. The molecule has 0 unspecified atom stereocenters. The first-order valence-corrected chi connectivity index (χ1v) is 7.09. The monoisotopic (exact) mass is 261 g/mol. The second-order valence-electron chi connectivity index (χ2n) is 4.15. The van der Waals surface area contributed by atoms with Gasteiger partial charge in [0, 0.05) is 25.0 Å². The molecule has 18 heavy (non-hydrogen) atoms. The van der Waals surface area contributed by atoms with Gasteiger partial charge in [0.15, 0.2) is 5.13 Å². The van der Waals surface area contributed by atoms with Gasteiger partial charge in [0.25, 0.3) is 0 Å². The lowest BCUT2D eigenvalue weighted by atomic mass is 10.2. The van der Waals surface area contributed by atoms with Gasteiger partial charge in [-0.1, -0.05) is 30.3 Å². The number of benzene rings is 1. The van der Waals surface area contributed by atoms with E-state index in [4.69, 9.17) is 0 Å². The molecular weight excluding hydrogens is 242 g/mol. The van der Waals surface area contributed by atoms with Crippen LogP contribution in [0.4, 0.5) is 5.13 Å². The third-order valence-corrected chi connectivity index (χ3v) is 3.72. The summed E-state index contributed by atoms with van der Waals surface area (Å²) < 4.78 is 0. The molecule has 0 saturated carbocycles. The van der Waals surface area contributed by atoms with Gasteiger partial charge in [-0.15, -0.1) is 11.3 Å². The van der Waals surface area contributed by atoms with Crippen molar-refractivity contribution in [2.24, 2.45) is 0 Å². The zero-order valence-electron chi connectivity index (χ0n) is 10.9. The van der Waals surface area contributed by atoms with Crippen molar-refractivity contribution in [2.75, 3.05) is 18.5 Å². The summed E-state index contributed by atoms with van der Waals surface area (Å²) in [6.07, 6.45) is 0. The van der Waals surface area contributed by atoms with E-state index in [9.17, 15) is 0 Å². The predicted molar refractivity (Wildman–Crippen MR) is 78.0 cm³/mol. The second-order valence-corrected chi connectivity index (χ2v) is 4.99. The number of aromatic nitrogens is 1. The molecule has 0 amide bonds. The third kappa shape index (κ3) is 3.31. The highest BCUT2D eigenvalue weighted by Gasteiger charge is 2.09. The van der Waals surface area contributed by atoms with Crippen molar-refractivity contribution in [1.82, 2.24) is 10.3 Å². The van der Waals surface area contributed by atoms with E-state index in [0.717, 1.165) is 30.5 Å². The lowest BCUT2D eigenvalue weighted by Gasteiger charge is -2.19. The van der Waals surface area contributed by atoms with Gasteiger partial charge in [0.2, 0.25) is 0 Å². The summed E-state index contributed by atoms with van der Waals surface area (Å²) >= 11 is 1.72. The fraction of sp³-hybridized carbons (Fsp3) is 0.357. The molecule has 0 fully saturated rings. The van der Waals surface area contributed by atoms with Crippen molar-refractivity contribution >= 4 is 16.5 Å². The van der Waals surface area contributed by atoms with E-state index in [-0.39, 0.29) is 0 Å². The number of hydrogen-bond donors (Lipinski definition) is 1. The summed E-state index contributed by atoms with van der Waals surface area (Å²) in [5, 5.41) is 6.36. The van der Waals surface area contributed by atoms with Crippen LogP contribution in [-0.4, -0.2) is 18.6 Å². The summed E-state index contributed by atoms with van der Waals surface area (Å²) in [6.45, 7) is 4.90. The molecule has 2 rings (SSSR count). The summed E-state index contributed by atoms with van der Waals surface area (Å²) in [4.78, 5) is 6.95. The Hall–Kier alpha value is -1.39. The minimum Gasteiger partial charge on any atom is -0.344 e. The van der Waals surface area contributed by atoms with E-state index in [1.54, 1.807) is 11.3 Å². The average Bonchev–Trinajstić information content (AvgIpc) is 2.86. The molecule has 0 spiro atoms. The first-order chi connectivity index (χ1) is 8.83. The van der Waals surface area contributed by atoms with E-state index in [1.807, 2.05) is 13.1 Å². The first-order valence-electron chi connectivity index (χ1n) is 6.21. The minimum absolute atomic E-state index is 0.833. The van der Waals surface area contributed by atoms with Gasteiger partial charge >= 0.3 is 0 Å². The number of anilines is 1. The quantitative estimate of drug-likeness (QED) is 0.866. The largest absolute Gasteiger partial charge is 0.344 e. The highest BCUT2D eigenvalue weighted by molar-refractivity contribution is 7.13. The normalized spacial score (nSPS) is 10.6. The number of thiazole rings is 1. The second kappa shape index (κ2) is 6.52. The SMILES string of the molecule is CCN(Cc1ccccc1)c1nc(CNC)cs1. The van der Waals surface area contributed by atoms with E-state index in [2.05, 4.69) is 51.8 Å². The maximum atomic E-state index is 4.65. The summed E-state index contributed by atoms with van der Waals surface area (Å²) in [6, 6.07) is 10.5. The van der Waals surface area contributed by atoms with Crippen molar-refractivity contribution in [3.63, 3.8) is 0 Å². The van der Waals surface area contributed by atoms with E-state index in [1.165, 1.54) is 5.56 Å². The molecule has 2 aromatic rings. The Bertz CT molecular complexity index is 467. The van der Waals surface area contributed by atoms with Crippen molar-refractivity contribution in [2.45, 2.75) is 20.0 Å². The third-order valence-electron chi connectivity index (χ3n) is 2.77. The smallest absolute Gasteiger partial charge is 0.185 e. The Kier molecular flexibility index (Phi) is 4.73. The number of nitrogens with one attached hydrogen (secondary N) is 1.